The number of hydrogen-bond donors (Lipinski definition) is 2. The van der Waals surface area contributed by atoms with E-state index in [0.717, 1.165) is 30.9 Å². The molecule has 0 spiro atoms. The van der Waals surface area contributed by atoms with Crippen molar-refractivity contribution >= 4 is 11.7 Å². The van der Waals surface area contributed by atoms with Crippen molar-refractivity contribution < 1.29 is 14.3 Å². The highest BCUT2D eigenvalue weighted by Gasteiger charge is 2.22. The number of ether oxygens (including phenoxy) is 2. The third-order valence-corrected chi connectivity index (χ3v) is 3.75. The quantitative estimate of drug-likeness (QED) is 0.787. The van der Waals surface area contributed by atoms with Gasteiger partial charge in [-0.05, 0) is 25.5 Å². The number of anilines is 1. The van der Waals surface area contributed by atoms with Gasteiger partial charge in [0.2, 0.25) is 0 Å². The van der Waals surface area contributed by atoms with Crippen LogP contribution < -0.4 is 10.6 Å². The maximum Gasteiger partial charge on any atom is 0.319 e. The van der Waals surface area contributed by atoms with Gasteiger partial charge >= 0.3 is 6.03 Å². The standard InChI is InChI=1S/C17H27N3O3/c1-13-10-20(11-14(2)23-13)12-15-6-4-5-7-16(15)19-17(21)18-8-9-22-3/h4-7,13-14H,8-12H2,1-3H3,(H2,18,19,21). The highest BCUT2D eigenvalue weighted by Crippen LogP contribution is 2.20. The Morgan fingerprint density at radius 2 is 2.00 bits per heavy atom. The first-order valence-corrected chi connectivity index (χ1v) is 8.08. The third-order valence-electron chi connectivity index (χ3n) is 3.75. The summed E-state index contributed by atoms with van der Waals surface area (Å²) in [6, 6.07) is 7.70. The normalized spacial score (nSPS) is 21.9. The van der Waals surface area contributed by atoms with Crippen LogP contribution in [0.25, 0.3) is 0 Å². The van der Waals surface area contributed by atoms with E-state index in [9.17, 15) is 4.79 Å². The first-order chi connectivity index (χ1) is 11.1. The number of urea groups is 1. The lowest BCUT2D eigenvalue weighted by atomic mass is 10.1. The maximum atomic E-state index is 11.9. The van der Waals surface area contributed by atoms with Crippen LogP contribution >= 0.6 is 0 Å². The van der Waals surface area contributed by atoms with Crippen LogP contribution in [-0.2, 0) is 16.0 Å². The Morgan fingerprint density at radius 3 is 2.70 bits per heavy atom. The van der Waals surface area contributed by atoms with Gasteiger partial charge in [0.1, 0.15) is 0 Å². The lowest BCUT2D eigenvalue weighted by molar-refractivity contribution is -0.0704. The summed E-state index contributed by atoms with van der Waals surface area (Å²) in [5.74, 6) is 0. The van der Waals surface area contributed by atoms with Crippen LogP contribution in [0, 0.1) is 0 Å². The molecule has 0 aliphatic carbocycles. The van der Waals surface area contributed by atoms with Crippen molar-refractivity contribution in [2.45, 2.75) is 32.6 Å². The highest BCUT2D eigenvalue weighted by atomic mass is 16.5. The molecule has 6 nitrogen and oxygen atoms in total. The van der Waals surface area contributed by atoms with Crippen molar-refractivity contribution in [1.29, 1.82) is 0 Å². The zero-order chi connectivity index (χ0) is 16.7. The van der Waals surface area contributed by atoms with Crippen molar-refractivity contribution in [3.05, 3.63) is 29.8 Å². The summed E-state index contributed by atoms with van der Waals surface area (Å²) in [4.78, 5) is 14.3. The van der Waals surface area contributed by atoms with E-state index < -0.39 is 0 Å². The highest BCUT2D eigenvalue weighted by molar-refractivity contribution is 5.90. The fourth-order valence-electron chi connectivity index (χ4n) is 2.87. The maximum absolute atomic E-state index is 11.9. The fourth-order valence-corrected chi connectivity index (χ4v) is 2.87. The van der Waals surface area contributed by atoms with Gasteiger partial charge < -0.3 is 20.1 Å². The molecule has 128 valence electrons. The van der Waals surface area contributed by atoms with E-state index in [4.69, 9.17) is 9.47 Å². The van der Waals surface area contributed by atoms with Crippen LogP contribution in [0.1, 0.15) is 19.4 Å². The molecule has 2 rings (SSSR count). The Hall–Kier alpha value is -1.63. The molecular weight excluding hydrogens is 294 g/mol. The number of morpholine rings is 1. The molecule has 1 fully saturated rings. The third kappa shape index (κ3) is 5.82. The Morgan fingerprint density at radius 1 is 1.30 bits per heavy atom. The van der Waals surface area contributed by atoms with Crippen LogP contribution in [0.15, 0.2) is 24.3 Å². The molecule has 1 saturated heterocycles. The monoisotopic (exact) mass is 321 g/mol. The molecule has 0 radical (unpaired) electrons. The summed E-state index contributed by atoms with van der Waals surface area (Å²) in [6.07, 6.45) is 0.465. The minimum Gasteiger partial charge on any atom is -0.383 e. The van der Waals surface area contributed by atoms with Crippen molar-refractivity contribution in [3.8, 4) is 0 Å². The van der Waals surface area contributed by atoms with E-state index >= 15 is 0 Å². The number of rotatable bonds is 6. The number of nitrogens with one attached hydrogen (secondary N) is 2. The molecule has 1 heterocycles. The molecule has 1 aliphatic heterocycles. The summed E-state index contributed by atoms with van der Waals surface area (Å²) in [5.41, 5.74) is 1.95. The van der Waals surface area contributed by atoms with Crippen molar-refractivity contribution in [1.82, 2.24) is 10.2 Å². The van der Waals surface area contributed by atoms with E-state index in [1.165, 1.54) is 0 Å². The van der Waals surface area contributed by atoms with E-state index in [1.54, 1.807) is 7.11 Å². The summed E-state index contributed by atoms with van der Waals surface area (Å²) in [6.45, 7) is 7.78. The summed E-state index contributed by atoms with van der Waals surface area (Å²) >= 11 is 0. The molecule has 0 aromatic heterocycles. The molecule has 2 unspecified atom stereocenters. The van der Waals surface area contributed by atoms with Gasteiger partial charge in [0.05, 0.1) is 18.8 Å². The van der Waals surface area contributed by atoms with Crippen LogP contribution in [0.4, 0.5) is 10.5 Å². The molecule has 2 amide bonds. The second kappa shape index (κ2) is 8.86. The predicted molar refractivity (Wildman–Crippen MR) is 90.6 cm³/mol. The molecule has 1 aromatic carbocycles. The molecule has 2 N–H and O–H groups in total. The van der Waals surface area contributed by atoms with Gasteiger partial charge in [-0.25, -0.2) is 4.79 Å². The molecule has 6 heteroatoms. The number of nitrogens with zero attached hydrogens (tertiary/aromatic N) is 1. The SMILES string of the molecule is COCCNC(=O)Nc1ccccc1CN1CC(C)OC(C)C1. The number of amides is 2. The van der Waals surface area contributed by atoms with Gasteiger partial charge in [-0.15, -0.1) is 0 Å². The van der Waals surface area contributed by atoms with Crippen molar-refractivity contribution in [3.63, 3.8) is 0 Å². The number of carbonyl (C=O) groups excluding carboxylic acids is 1. The second-order valence-corrected chi connectivity index (χ2v) is 5.98. The summed E-state index contributed by atoms with van der Waals surface area (Å²) in [5, 5.41) is 5.69. The molecule has 2 atom stereocenters. The van der Waals surface area contributed by atoms with Crippen molar-refractivity contribution in [2.24, 2.45) is 0 Å². The second-order valence-electron chi connectivity index (χ2n) is 5.98. The number of methoxy groups -OCH3 is 1. The molecule has 1 aromatic rings. The molecule has 0 bridgehead atoms. The van der Waals surface area contributed by atoms with Crippen LogP contribution in [-0.4, -0.2) is 56.5 Å². The average Bonchev–Trinajstić information content (AvgIpc) is 2.48. The predicted octanol–water partition coefficient (Wildman–Crippen LogP) is 2.06. The lowest BCUT2D eigenvalue weighted by Gasteiger charge is -2.35. The number of carbonyl (C=O) groups is 1. The van der Waals surface area contributed by atoms with Gasteiger partial charge in [0.15, 0.2) is 0 Å². The molecular formula is C17H27N3O3. The smallest absolute Gasteiger partial charge is 0.319 e. The van der Waals surface area contributed by atoms with E-state index in [2.05, 4.69) is 35.4 Å². The Bertz CT molecular complexity index is 500. The van der Waals surface area contributed by atoms with Gasteiger partial charge in [-0.3, -0.25) is 4.90 Å². The number of benzene rings is 1. The first-order valence-electron chi connectivity index (χ1n) is 8.08. The van der Waals surface area contributed by atoms with Gasteiger partial charge in [-0.1, -0.05) is 18.2 Å². The van der Waals surface area contributed by atoms with E-state index in [1.807, 2.05) is 18.2 Å². The van der Waals surface area contributed by atoms with Gasteiger partial charge in [0, 0.05) is 39.0 Å². The Kier molecular flexibility index (Phi) is 6.83. The minimum absolute atomic E-state index is 0.210. The van der Waals surface area contributed by atoms with E-state index in [-0.39, 0.29) is 18.2 Å². The Balaban J connectivity index is 1.95. The Labute approximate surface area is 138 Å². The fraction of sp³-hybridized carbons (Fsp3) is 0.588. The van der Waals surface area contributed by atoms with Gasteiger partial charge in [-0.2, -0.15) is 0 Å². The summed E-state index contributed by atoms with van der Waals surface area (Å²) < 4.78 is 10.7. The average molecular weight is 321 g/mol. The summed E-state index contributed by atoms with van der Waals surface area (Å²) in [7, 11) is 1.61. The number of hydrogen-bond acceptors (Lipinski definition) is 4. The largest absolute Gasteiger partial charge is 0.383 e. The molecule has 1 aliphatic rings. The van der Waals surface area contributed by atoms with Crippen LogP contribution in [0.5, 0.6) is 0 Å². The van der Waals surface area contributed by atoms with E-state index in [0.29, 0.717) is 13.2 Å². The van der Waals surface area contributed by atoms with Gasteiger partial charge in [0.25, 0.3) is 0 Å². The number of para-hydroxylation sites is 1. The molecule has 23 heavy (non-hydrogen) atoms. The zero-order valence-corrected chi connectivity index (χ0v) is 14.2. The minimum atomic E-state index is -0.210. The first kappa shape index (κ1) is 17.7. The zero-order valence-electron chi connectivity index (χ0n) is 14.2. The molecule has 0 saturated carbocycles. The topological polar surface area (TPSA) is 62.8 Å². The van der Waals surface area contributed by atoms with Crippen molar-refractivity contribution in [2.75, 3.05) is 38.7 Å². The van der Waals surface area contributed by atoms with Crippen LogP contribution in [0.3, 0.4) is 0 Å². The lowest BCUT2D eigenvalue weighted by Crippen LogP contribution is -2.45. The van der Waals surface area contributed by atoms with Crippen LogP contribution in [0.2, 0.25) is 0 Å².